The summed E-state index contributed by atoms with van der Waals surface area (Å²) >= 11 is 0. The maximum Gasteiger partial charge on any atom is 0.573 e. The SMILES string of the molecule is CCOc1cccc([C@H](c2ccc(OC(F)(F)F)cc2)N2CCNCC2)c1. The van der Waals surface area contributed by atoms with E-state index in [0.29, 0.717) is 6.61 Å². The molecule has 0 aromatic heterocycles. The predicted molar refractivity (Wildman–Crippen MR) is 97.0 cm³/mol. The topological polar surface area (TPSA) is 33.7 Å². The molecular formula is C20H23F3N2O2. The highest BCUT2D eigenvalue weighted by Gasteiger charge is 2.31. The van der Waals surface area contributed by atoms with Crippen LogP contribution in [0.4, 0.5) is 13.2 Å². The minimum atomic E-state index is -4.69. The molecule has 2 aromatic rings. The lowest BCUT2D eigenvalue weighted by Crippen LogP contribution is -2.45. The molecule has 0 saturated carbocycles. The van der Waals surface area contributed by atoms with Crippen LogP contribution in [0, 0.1) is 0 Å². The van der Waals surface area contributed by atoms with Crippen LogP contribution in [-0.2, 0) is 0 Å². The number of nitrogens with one attached hydrogen (secondary N) is 1. The average Bonchev–Trinajstić information content (AvgIpc) is 2.64. The second kappa shape index (κ2) is 8.63. The maximum absolute atomic E-state index is 12.4. The van der Waals surface area contributed by atoms with Crippen molar-refractivity contribution >= 4 is 0 Å². The summed E-state index contributed by atoms with van der Waals surface area (Å²) < 4.78 is 46.9. The van der Waals surface area contributed by atoms with Gasteiger partial charge >= 0.3 is 6.36 Å². The smallest absolute Gasteiger partial charge is 0.494 e. The van der Waals surface area contributed by atoms with Gasteiger partial charge in [0.05, 0.1) is 12.6 Å². The van der Waals surface area contributed by atoms with Crippen molar-refractivity contribution in [1.82, 2.24) is 10.2 Å². The molecule has 0 bridgehead atoms. The van der Waals surface area contributed by atoms with E-state index in [1.165, 1.54) is 12.1 Å². The summed E-state index contributed by atoms with van der Waals surface area (Å²) in [4.78, 5) is 2.32. The number of hydrogen-bond donors (Lipinski definition) is 1. The van der Waals surface area contributed by atoms with Crippen LogP contribution in [0.2, 0.25) is 0 Å². The molecule has 146 valence electrons. The molecule has 4 nitrogen and oxygen atoms in total. The summed E-state index contributed by atoms with van der Waals surface area (Å²) in [7, 11) is 0. The van der Waals surface area contributed by atoms with Gasteiger partial charge in [-0.15, -0.1) is 13.2 Å². The Hall–Kier alpha value is -2.25. The first kappa shape index (κ1) is 19.5. The standard InChI is InChI=1S/C20H23F3N2O2/c1-2-26-18-5-3-4-16(14-18)19(25-12-10-24-11-13-25)15-6-8-17(9-7-15)27-20(21,22)23/h3-9,14,19,24H,2,10-13H2,1H3/t19-/m0/s1. The van der Waals surface area contributed by atoms with Gasteiger partial charge in [0.2, 0.25) is 0 Å². The molecule has 1 heterocycles. The largest absolute Gasteiger partial charge is 0.573 e. The lowest BCUT2D eigenvalue weighted by atomic mass is 9.96. The van der Waals surface area contributed by atoms with Gasteiger partial charge in [0.25, 0.3) is 0 Å². The zero-order valence-corrected chi connectivity index (χ0v) is 15.1. The van der Waals surface area contributed by atoms with Crippen molar-refractivity contribution in [3.8, 4) is 11.5 Å². The second-order valence-electron chi connectivity index (χ2n) is 6.31. The molecule has 0 aliphatic carbocycles. The third-order valence-corrected chi connectivity index (χ3v) is 4.43. The molecule has 3 rings (SSSR count). The van der Waals surface area contributed by atoms with Gasteiger partial charge in [0.15, 0.2) is 0 Å². The van der Waals surface area contributed by atoms with Gasteiger partial charge in [0, 0.05) is 26.2 Å². The molecule has 1 saturated heterocycles. The summed E-state index contributed by atoms with van der Waals surface area (Å²) in [6, 6.07) is 13.9. The van der Waals surface area contributed by atoms with Crippen LogP contribution in [-0.4, -0.2) is 44.0 Å². The van der Waals surface area contributed by atoms with E-state index < -0.39 is 6.36 Å². The molecule has 1 atom stereocenters. The van der Waals surface area contributed by atoms with Gasteiger partial charge in [-0.25, -0.2) is 0 Å². The van der Waals surface area contributed by atoms with E-state index in [9.17, 15) is 13.2 Å². The van der Waals surface area contributed by atoms with Gasteiger partial charge in [-0.3, -0.25) is 4.90 Å². The summed E-state index contributed by atoms with van der Waals surface area (Å²) in [6.07, 6.45) is -4.69. The molecule has 7 heteroatoms. The number of nitrogens with zero attached hydrogens (tertiary/aromatic N) is 1. The highest BCUT2D eigenvalue weighted by atomic mass is 19.4. The van der Waals surface area contributed by atoms with Crippen molar-refractivity contribution in [2.45, 2.75) is 19.3 Å². The predicted octanol–water partition coefficient (Wildman–Crippen LogP) is 3.98. The number of hydrogen-bond acceptors (Lipinski definition) is 4. The fourth-order valence-electron chi connectivity index (χ4n) is 3.35. The fourth-order valence-corrected chi connectivity index (χ4v) is 3.35. The van der Waals surface area contributed by atoms with Crippen LogP contribution >= 0.6 is 0 Å². The summed E-state index contributed by atoms with van der Waals surface area (Å²) in [5, 5.41) is 3.33. The van der Waals surface area contributed by atoms with Crippen LogP contribution in [0.5, 0.6) is 11.5 Å². The summed E-state index contributed by atoms with van der Waals surface area (Å²) in [5.74, 6) is 0.570. The van der Waals surface area contributed by atoms with E-state index in [2.05, 4.69) is 15.0 Å². The van der Waals surface area contributed by atoms with E-state index in [-0.39, 0.29) is 11.8 Å². The van der Waals surface area contributed by atoms with Crippen molar-refractivity contribution in [3.05, 3.63) is 59.7 Å². The molecule has 0 radical (unpaired) electrons. The Balaban J connectivity index is 1.91. The second-order valence-corrected chi connectivity index (χ2v) is 6.31. The Morgan fingerprint density at radius 2 is 1.70 bits per heavy atom. The van der Waals surface area contributed by atoms with Crippen LogP contribution < -0.4 is 14.8 Å². The molecule has 2 aromatic carbocycles. The number of benzene rings is 2. The lowest BCUT2D eigenvalue weighted by molar-refractivity contribution is -0.274. The Labute approximate surface area is 156 Å². The van der Waals surface area contributed by atoms with Crippen molar-refractivity contribution < 1.29 is 22.6 Å². The minimum absolute atomic E-state index is 0.0626. The molecule has 0 spiro atoms. The first-order valence-electron chi connectivity index (χ1n) is 8.99. The van der Waals surface area contributed by atoms with Gasteiger partial charge in [0.1, 0.15) is 11.5 Å². The molecular weight excluding hydrogens is 357 g/mol. The molecule has 1 N–H and O–H groups in total. The molecule has 0 unspecified atom stereocenters. The zero-order chi connectivity index (χ0) is 19.3. The van der Waals surface area contributed by atoms with Crippen LogP contribution in [0.1, 0.15) is 24.1 Å². The van der Waals surface area contributed by atoms with Gasteiger partial charge < -0.3 is 14.8 Å². The van der Waals surface area contributed by atoms with E-state index in [4.69, 9.17) is 4.74 Å². The van der Waals surface area contributed by atoms with Crippen LogP contribution in [0.25, 0.3) is 0 Å². The molecule has 0 amide bonds. The first-order valence-corrected chi connectivity index (χ1v) is 8.99. The lowest BCUT2D eigenvalue weighted by Gasteiger charge is -2.35. The number of rotatable bonds is 6. The van der Waals surface area contributed by atoms with E-state index in [0.717, 1.165) is 43.1 Å². The van der Waals surface area contributed by atoms with Gasteiger partial charge in [-0.2, -0.15) is 0 Å². The highest BCUT2D eigenvalue weighted by molar-refractivity contribution is 5.39. The normalized spacial score (nSPS) is 16.7. The van der Waals surface area contributed by atoms with E-state index >= 15 is 0 Å². The Bertz CT molecular complexity index is 729. The van der Waals surface area contributed by atoms with Crippen LogP contribution in [0.15, 0.2) is 48.5 Å². The number of halogens is 3. The quantitative estimate of drug-likeness (QED) is 0.822. The maximum atomic E-state index is 12.4. The average molecular weight is 380 g/mol. The van der Waals surface area contributed by atoms with Crippen molar-refractivity contribution in [1.29, 1.82) is 0 Å². The molecule has 27 heavy (non-hydrogen) atoms. The summed E-state index contributed by atoms with van der Waals surface area (Å²) in [6.45, 7) is 5.95. The van der Waals surface area contributed by atoms with E-state index in [1.54, 1.807) is 12.1 Å². The fraction of sp³-hybridized carbons (Fsp3) is 0.400. The van der Waals surface area contributed by atoms with Gasteiger partial charge in [-0.05, 0) is 42.3 Å². The Kier molecular flexibility index (Phi) is 6.23. The third-order valence-electron chi connectivity index (χ3n) is 4.43. The minimum Gasteiger partial charge on any atom is -0.494 e. The van der Waals surface area contributed by atoms with Crippen molar-refractivity contribution in [2.24, 2.45) is 0 Å². The highest BCUT2D eigenvalue weighted by Crippen LogP contribution is 2.33. The molecule has 1 fully saturated rings. The van der Waals surface area contributed by atoms with Crippen LogP contribution in [0.3, 0.4) is 0 Å². The molecule has 1 aliphatic rings. The zero-order valence-electron chi connectivity index (χ0n) is 15.1. The van der Waals surface area contributed by atoms with Gasteiger partial charge in [-0.1, -0.05) is 24.3 Å². The van der Waals surface area contributed by atoms with E-state index in [1.807, 2.05) is 31.2 Å². The Morgan fingerprint density at radius 3 is 2.33 bits per heavy atom. The number of ether oxygens (including phenoxy) is 2. The number of piperazine rings is 1. The Morgan fingerprint density at radius 1 is 1.00 bits per heavy atom. The summed E-state index contributed by atoms with van der Waals surface area (Å²) in [5.41, 5.74) is 1.97. The molecule has 1 aliphatic heterocycles. The third kappa shape index (κ3) is 5.37. The first-order chi connectivity index (χ1) is 13.0. The number of alkyl halides is 3. The van der Waals surface area contributed by atoms with Crippen molar-refractivity contribution in [2.75, 3.05) is 32.8 Å². The van der Waals surface area contributed by atoms with Crippen molar-refractivity contribution in [3.63, 3.8) is 0 Å². The monoisotopic (exact) mass is 380 g/mol.